The Morgan fingerprint density at radius 2 is 1.82 bits per heavy atom. The molecule has 1 heterocycles. The van der Waals surface area contributed by atoms with E-state index >= 15 is 0 Å². The first-order valence-corrected chi connectivity index (χ1v) is 9.76. The van der Waals surface area contributed by atoms with Gasteiger partial charge in [0.2, 0.25) is 5.91 Å². The van der Waals surface area contributed by atoms with Crippen LogP contribution >= 0.6 is 11.6 Å². The van der Waals surface area contributed by atoms with E-state index in [1.165, 1.54) is 23.8 Å². The highest BCUT2D eigenvalue weighted by Crippen LogP contribution is 2.34. The minimum atomic E-state index is -0.438. The molecule has 1 aliphatic rings. The third-order valence-electron chi connectivity index (χ3n) is 4.53. The van der Waals surface area contributed by atoms with E-state index in [1.54, 1.807) is 0 Å². The minimum Gasteiger partial charge on any atom is -0.490 e. The molecule has 0 aromatic heterocycles. The van der Waals surface area contributed by atoms with Gasteiger partial charge >= 0.3 is 0 Å². The SMILES string of the molecule is CCOc1cc2c(cc1OCC)CN(CC(=O)Nc1ccc(F)cc1Cl)CC2. The number of nitrogens with zero attached hydrogens (tertiary/aromatic N) is 1. The van der Waals surface area contributed by atoms with Gasteiger partial charge in [-0.25, -0.2) is 4.39 Å². The van der Waals surface area contributed by atoms with Crippen LogP contribution in [-0.2, 0) is 17.8 Å². The van der Waals surface area contributed by atoms with Crippen LogP contribution < -0.4 is 14.8 Å². The summed E-state index contributed by atoms with van der Waals surface area (Å²) in [7, 11) is 0. The Morgan fingerprint density at radius 3 is 2.46 bits per heavy atom. The Morgan fingerprint density at radius 1 is 1.14 bits per heavy atom. The topological polar surface area (TPSA) is 50.8 Å². The van der Waals surface area contributed by atoms with Gasteiger partial charge in [0, 0.05) is 13.1 Å². The molecular weight excluding hydrogens is 383 g/mol. The molecule has 0 saturated heterocycles. The first kappa shape index (κ1) is 20.4. The maximum atomic E-state index is 13.1. The highest BCUT2D eigenvalue weighted by molar-refractivity contribution is 6.33. The summed E-state index contributed by atoms with van der Waals surface area (Å²) in [6.45, 7) is 6.66. The van der Waals surface area contributed by atoms with Crippen molar-refractivity contribution in [2.75, 3.05) is 31.6 Å². The summed E-state index contributed by atoms with van der Waals surface area (Å²) in [5.74, 6) is 0.868. The van der Waals surface area contributed by atoms with Crippen LogP contribution in [0.4, 0.5) is 10.1 Å². The fourth-order valence-electron chi connectivity index (χ4n) is 3.28. The van der Waals surface area contributed by atoms with Crippen molar-refractivity contribution in [2.45, 2.75) is 26.8 Å². The minimum absolute atomic E-state index is 0.183. The molecule has 0 fully saturated rings. The van der Waals surface area contributed by atoms with Gasteiger partial charge in [-0.2, -0.15) is 0 Å². The average molecular weight is 407 g/mol. The van der Waals surface area contributed by atoms with Gasteiger partial charge < -0.3 is 14.8 Å². The van der Waals surface area contributed by atoms with E-state index in [2.05, 4.69) is 10.2 Å². The molecule has 3 rings (SSSR count). The Labute approximate surface area is 169 Å². The normalized spacial score (nSPS) is 13.7. The Balaban J connectivity index is 1.67. The number of halogens is 2. The van der Waals surface area contributed by atoms with Gasteiger partial charge in [-0.05, 0) is 61.7 Å². The second-order valence-corrected chi connectivity index (χ2v) is 6.97. The van der Waals surface area contributed by atoms with E-state index in [1.807, 2.05) is 26.0 Å². The summed E-state index contributed by atoms with van der Waals surface area (Å²) in [5.41, 5.74) is 2.75. The zero-order valence-corrected chi connectivity index (χ0v) is 16.8. The van der Waals surface area contributed by atoms with Gasteiger partial charge in [0.1, 0.15) is 5.82 Å². The first-order chi connectivity index (χ1) is 13.5. The molecule has 1 aliphatic heterocycles. The van der Waals surface area contributed by atoms with Gasteiger partial charge in [-0.3, -0.25) is 9.69 Å². The summed E-state index contributed by atoms with van der Waals surface area (Å²) in [4.78, 5) is 14.4. The third-order valence-corrected chi connectivity index (χ3v) is 4.84. The van der Waals surface area contributed by atoms with Crippen molar-refractivity contribution >= 4 is 23.2 Å². The molecule has 2 aromatic rings. The summed E-state index contributed by atoms with van der Waals surface area (Å²) in [6, 6.07) is 7.96. The highest BCUT2D eigenvalue weighted by atomic mass is 35.5. The van der Waals surface area contributed by atoms with Gasteiger partial charge in [0.15, 0.2) is 11.5 Å². The number of carbonyl (C=O) groups is 1. The molecule has 0 bridgehead atoms. The molecule has 1 N–H and O–H groups in total. The van der Waals surface area contributed by atoms with Crippen LogP contribution in [0.3, 0.4) is 0 Å². The van der Waals surface area contributed by atoms with E-state index < -0.39 is 5.82 Å². The lowest BCUT2D eigenvalue weighted by Gasteiger charge is -2.29. The van der Waals surface area contributed by atoms with Crippen molar-refractivity contribution in [3.63, 3.8) is 0 Å². The van der Waals surface area contributed by atoms with Crippen molar-refractivity contribution in [1.29, 1.82) is 0 Å². The summed E-state index contributed by atoms with van der Waals surface area (Å²) in [5, 5.41) is 2.92. The maximum Gasteiger partial charge on any atom is 0.238 e. The second kappa shape index (κ2) is 9.26. The summed E-state index contributed by atoms with van der Waals surface area (Å²) in [6.07, 6.45) is 0.826. The standard InChI is InChI=1S/C21H24ClFN2O3/c1-3-27-19-9-14-7-8-25(12-15(14)10-20(19)28-4-2)13-21(26)24-18-6-5-16(23)11-17(18)22/h5-6,9-11H,3-4,7-8,12-13H2,1-2H3,(H,24,26). The Kier molecular flexibility index (Phi) is 6.75. The highest BCUT2D eigenvalue weighted by Gasteiger charge is 2.21. The van der Waals surface area contributed by atoms with E-state index in [0.717, 1.165) is 30.0 Å². The van der Waals surface area contributed by atoms with E-state index in [9.17, 15) is 9.18 Å². The van der Waals surface area contributed by atoms with Crippen molar-refractivity contribution in [3.05, 3.63) is 52.3 Å². The van der Waals surface area contributed by atoms with Gasteiger partial charge in [0.05, 0.1) is 30.5 Å². The largest absolute Gasteiger partial charge is 0.490 e. The van der Waals surface area contributed by atoms with Crippen LogP contribution in [0.25, 0.3) is 0 Å². The number of amides is 1. The molecule has 0 saturated carbocycles. The average Bonchev–Trinajstić information content (AvgIpc) is 2.65. The number of benzene rings is 2. The molecular formula is C21H24ClFN2O3. The molecule has 2 aromatic carbocycles. The van der Waals surface area contributed by atoms with Gasteiger partial charge in [-0.15, -0.1) is 0 Å². The summed E-state index contributed by atoms with van der Waals surface area (Å²) >= 11 is 5.98. The van der Waals surface area contributed by atoms with Crippen molar-refractivity contribution in [3.8, 4) is 11.5 Å². The van der Waals surface area contributed by atoms with Crippen LogP contribution in [0, 0.1) is 5.82 Å². The number of carbonyl (C=O) groups excluding carboxylic acids is 1. The molecule has 0 aliphatic carbocycles. The van der Waals surface area contributed by atoms with Crippen LogP contribution in [-0.4, -0.2) is 37.1 Å². The zero-order chi connectivity index (χ0) is 20.1. The fourth-order valence-corrected chi connectivity index (χ4v) is 3.49. The lowest BCUT2D eigenvalue weighted by molar-refractivity contribution is -0.117. The van der Waals surface area contributed by atoms with Crippen LogP contribution in [0.2, 0.25) is 5.02 Å². The van der Waals surface area contributed by atoms with Crippen molar-refractivity contribution in [2.24, 2.45) is 0 Å². The molecule has 0 atom stereocenters. The number of hydrogen-bond acceptors (Lipinski definition) is 4. The predicted molar refractivity (Wildman–Crippen MR) is 108 cm³/mol. The fraction of sp³-hybridized carbons (Fsp3) is 0.381. The lowest BCUT2D eigenvalue weighted by Crippen LogP contribution is -2.37. The number of hydrogen-bond donors (Lipinski definition) is 1. The monoisotopic (exact) mass is 406 g/mol. The molecule has 7 heteroatoms. The molecule has 150 valence electrons. The van der Waals surface area contributed by atoms with Crippen LogP contribution in [0.5, 0.6) is 11.5 Å². The maximum absolute atomic E-state index is 13.1. The Bertz CT molecular complexity index is 860. The van der Waals surface area contributed by atoms with Crippen LogP contribution in [0.1, 0.15) is 25.0 Å². The number of ether oxygens (including phenoxy) is 2. The second-order valence-electron chi connectivity index (χ2n) is 6.57. The van der Waals surface area contributed by atoms with E-state index in [0.29, 0.717) is 25.4 Å². The molecule has 5 nitrogen and oxygen atoms in total. The smallest absolute Gasteiger partial charge is 0.238 e. The van der Waals surface area contributed by atoms with Crippen molar-refractivity contribution in [1.82, 2.24) is 4.90 Å². The molecule has 0 radical (unpaired) electrons. The molecule has 0 spiro atoms. The van der Waals surface area contributed by atoms with Crippen molar-refractivity contribution < 1.29 is 18.7 Å². The first-order valence-electron chi connectivity index (χ1n) is 9.38. The van der Waals surface area contributed by atoms with E-state index in [-0.39, 0.29) is 17.5 Å². The molecule has 0 unspecified atom stereocenters. The summed E-state index contributed by atoms with van der Waals surface area (Å²) < 4.78 is 24.5. The van der Waals surface area contributed by atoms with E-state index in [4.69, 9.17) is 21.1 Å². The lowest BCUT2D eigenvalue weighted by atomic mass is 9.98. The third kappa shape index (κ3) is 4.94. The van der Waals surface area contributed by atoms with Gasteiger partial charge in [-0.1, -0.05) is 11.6 Å². The number of nitrogens with one attached hydrogen (secondary N) is 1. The molecule has 1 amide bonds. The molecule has 28 heavy (non-hydrogen) atoms. The van der Waals surface area contributed by atoms with Gasteiger partial charge in [0.25, 0.3) is 0 Å². The Hall–Kier alpha value is -2.31. The number of rotatable bonds is 7. The number of fused-ring (bicyclic) bond motifs is 1. The van der Waals surface area contributed by atoms with Crippen LogP contribution in [0.15, 0.2) is 30.3 Å². The zero-order valence-electron chi connectivity index (χ0n) is 16.1. The quantitative estimate of drug-likeness (QED) is 0.745. The predicted octanol–water partition coefficient (Wildman–Crippen LogP) is 4.27. The number of anilines is 1.